The van der Waals surface area contributed by atoms with Crippen molar-refractivity contribution in [1.82, 2.24) is 0 Å². The van der Waals surface area contributed by atoms with Crippen molar-refractivity contribution in [2.24, 2.45) is 0 Å². The third-order valence-corrected chi connectivity index (χ3v) is 5.82. The molecule has 0 aliphatic carbocycles. The van der Waals surface area contributed by atoms with E-state index < -0.39 is 22.0 Å². The number of aromatic carboxylic acids is 2. The van der Waals surface area contributed by atoms with E-state index >= 15 is 0 Å². The average molecular weight is 425 g/mol. The van der Waals surface area contributed by atoms with E-state index in [9.17, 15) is 28.2 Å². The lowest BCUT2D eigenvalue weighted by Crippen LogP contribution is -2.15. The molecular weight excluding hydrogens is 406 g/mol. The minimum Gasteiger partial charge on any atom is -0.478 e. The van der Waals surface area contributed by atoms with Crippen LogP contribution in [0.5, 0.6) is 0 Å². The number of anilines is 1. The summed E-state index contributed by atoms with van der Waals surface area (Å²) in [6, 6.07) is 17.8. The van der Waals surface area contributed by atoms with Crippen molar-refractivity contribution in [2.75, 3.05) is 4.72 Å². The second kappa shape index (κ2) is 8.38. The van der Waals surface area contributed by atoms with Gasteiger partial charge in [-0.15, -0.1) is 0 Å². The number of sulfonamides is 1. The molecular formula is C22H19NO6S. The van der Waals surface area contributed by atoms with Gasteiger partial charge in [-0.25, -0.2) is 18.0 Å². The van der Waals surface area contributed by atoms with Crippen LogP contribution in [0.2, 0.25) is 0 Å². The van der Waals surface area contributed by atoms with Crippen LogP contribution in [0.4, 0.5) is 5.69 Å². The number of carbonyl (C=O) groups is 2. The van der Waals surface area contributed by atoms with Crippen LogP contribution < -0.4 is 4.72 Å². The predicted molar refractivity (Wildman–Crippen MR) is 113 cm³/mol. The third kappa shape index (κ3) is 4.66. The van der Waals surface area contributed by atoms with Gasteiger partial charge in [0.1, 0.15) is 0 Å². The Balaban J connectivity index is 2.06. The lowest BCUT2D eigenvalue weighted by Gasteiger charge is -2.15. The maximum Gasteiger partial charge on any atom is 0.335 e. The highest BCUT2D eigenvalue weighted by molar-refractivity contribution is 7.91. The summed E-state index contributed by atoms with van der Waals surface area (Å²) in [5.74, 6) is -2.77. The summed E-state index contributed by atoms with van der Waals surface area (Å²) >= 11 is 0. The van der Waals surface area contributed by atoms with Crippen molar-refractivity contribution in [3.63, 3.8) is 0 Å². The van der Waals surface area contributed by atoms with Crippen LogP contribution in [0.15, 0.2) is 66.7 Å². The summed E-state index contributed by atoms with van der Waals surface area (Å²) in [5.41, 5.74) is 1.30. The van der Waals surface area contributed by atoms with Crippen molar-refractivity contribution in [2.45, 2.75) is 12.7 Å². The van der Waals surface area contributed by atoms with Crippen molar-refractivity contribution in [3.05, 3.63) is 89.0 Å². The molecule has 0 bridgehead atoms. The normalized spacial score (nSPS) is 11.1. The Labute approximate surface area is 173 Å². The van der Waals surface area contributed by atoms with Crippen LogP contribution in [0.1, 0.15) is 31.8 Å². The lowest BCUT2D eigenvalue weighted by atomic mass is 9.94. The molecule has 0 fully saturated rings. The van der Waals surface area contributed by atoms with Crippen molar-refractivity contribution in [1.29, 1.82) is 0 Å². The first-order valence-electron chi connectivity index (χ1n) is 8.93. The molecule has 0 radical (unpaired) electrons. The van der Waals surface area contributed by atoms with Crippen LogP contribution in [0, 0.1) is 6.92 Å². The molecule has 7 nitrogen and oxygen atoms in total. The van der Waals surface area contributed by atoms with Crippen LogP contribution in [0.3, 0.4) is 0 Å². The van der Waals surface area contributed by atoms with E-state index in [2.05, 4.69) is 4.72 Å². The molecule has 3 aromatic carbocycles. The fourth-order valence-corrected chi connectivity index (χ4v) is 4.35. The number of carboxylic acids is 2. The summed E-state index contributed by atoms with van der Waals surface area (Å²) in [7, 11) is -3.76. The quantitative estimate of drug-likeness (QED) is 0.526. The van der Waals surface area contributed by atoms with E-state index in [-0.39, 0.29) is 33.7 Å². The Bertz CT molecular complexity index is 1180. The van der Waals surface area contributed by atoms with Gasteiger partial charge in [-0.1, -0.05) is 48.5 Å². The number of hydrogen-bond donors (Lipinski definition) is 3. The maximum absolute atomic E-state index is 12.7. The van der Waals surface area contributed by atoms with E-state index in [0.717, 1.165) is 0 Å². The molecule has 0 aliphatic heterocycles. The molecule has 30 heavy (non-hydrogen) atoms. The average Bonchev–Trinajstić information content (AvgIpc) is 2.68. The molecule has 154 valence electrons. The lowest BCUT2D eigenvalue weighted by molar-refractivity contribution is 0.0696. The Morgan fingerprint density at radius 2 is 1.40 bits per heavy atom. The largest absolute Gasteiger partial charge is 0.478 e. The van der Waals surface area contributed by atoms with Gasteiger partial charge in [0.05, 0.1) is 22.6 Å². The number of benzene rings is 3. The van der Waals surface area contributed by atoms with E-state index in [4.69, 9.17) is 0 Å². The van der Waals surface area contributed by atoms with Gasteiger partial charge >= 0.3 is 11.9 Å². The molecule has 3 aromatic rings. The number of rotatable bonds is 7. The standard InChI is InChI=1S/C22H19NO6S/c1-14-18(21(24)25)11-16(12-19(14)22(26)27)17-9-5-6-10-20(17)23-30(28,29)13-15-7-3-2-4-8-15/h2-12,23H,13H2,1H3,(H,24,25)(H,26,27). The topological polar surface area (TPSA) is 121 Å². The van der Waals surface area contributed by atoms with Crippen LogP contribution in [-0.4, -0.2) is 30.6 Å². The van der Waals surface area contributed by atoms with Gasteiger partial charge in [-0.3, -0.25) is 4.72 Å². The Kier molecular flexibility index (Phi) is 5.89. The summed E-state index contributed by atoms with van der Waals surface area (Å²) in [4.78, 5) is 23.2. The summed E-state index contributed by atoms with van der Waals surface area (Å²) in [6.07, 6.45) is 0. The van der Waals surface area contributed by atoms with Gasteiger partial charge in [-0.05, 0) is 41.8 Å². The van der Waals surface area contributed by atoms with Gasteiger partial charge in [0.25, 0.3) is 0 Å². The van der Waals surface area contributed by atoms with Crippen LogP contribution in [0.25, 0.3) is 11.1 Å². The Morgan fingerprint density at radius 1 is 0.867 bits per heavy atom. The van der Waals surface area contributed by atoms with Crippen molar-refractivity contribution in [3.8, 4) is 11.1 Å². The zero-order valence-electron chi connectivity index (χ0n) is 16.0. The van der Waals surface area contributed by atoms with Gasteiger partial charge in [0.2, 0.25) is 10.0 Å². The first-order chi connectivity index (χ1) is 14.2. The highest BCUT2D eigenvalue weighted by Crippen LogP contribution is 2.32. The van der Waals surface area contributed by atoms with Gasteiger partial charge < -0.3 is 10.2 Å². The summed E-state index contributed by atoms with van der Waals surface area (Å²) in [6.45, 7) is 1.42. The van der Waals surface area contributed by atoms with Crippen molar-refractivity contribution >= 4 is 27.6 Å². The Hall–Kier alpha value is -3.65. The van der Waals surface area contributed by atoms with Crippen LogP contribution >= 0.6 is 0 Å². The summed E-state index contributed by atoms with van der Waals surface area (Å²) in [5, 5.41) is 18.9. The highest BCUT2D eigenvalue weighted by Gasteiger charge is 2.20. The molecule has 0 spiro atoms. The van der Waals surface area contributed by atoms with E-state index in [0.29, 0.717) is 11.1 Å². The molecule has 0 aromatic heterocycles. The molecule has 0 saturated heterocycles. The minimum atomic E-state index is -3.76. The fraction of sp³-hybridized carbons (Fsp3) is 0.0909. The molecule has 0 amide bonds. The van der Waals surface area contributed by atoms with Gasteiger partial charge in [-0.2, -0.15) is 0 Å². The minimum absolute atomic E-state index is 0.126. The second-order valence-corrected chi connectivity index (χ2v) is 8.42. The predicted octanol–water partition coefficient (Wildman–Crippen LogP) is 4.00. The zero-order valence-corrected chi connectivity index (χ0v) is 16.8. The van der Waals surface area contributed by atoms with E-state index in [1.165, 1.54) is 19.1 Å². The number of nitrogens with one attached hydrogen (secondary N) is 1. The molecule has 0 saturated carbocycles. The van der Waals surface area contributed by atoms with Gasteiger partial charge in [0, 0.05) is 5.56 Å². The molecule has 3 N–H and O–H groups in total. The summed E-state index contributed by atoms with van der Waals surface area (Å²) < 4.78 is 27.8. The SMILES string of the molecule is Cc1c(C(=O)O)cc(-c2ccccc2NS(=O)(=O)Cc2ccccc2)cc1C(=O)O. The van der Waals surface area contributed by atoms with Crippen molar-refractivity contribution < 1.29 is 28.2 Å². The number of para-hydroxylation sites is 1. The van der Waals surface area contributed by atoms with Gasteiger partial charge in [0.15, 0.2) is 0 Å². The highest BCUT2D eigenvalue weighted by atomic mass is 32.2. The monoisotopic (exact) mass is 425 g/mol. The molecule has 0 heterocycles. The molecule has 0 aliphatic rings. The smallest absolute Gasteiger partial charge is 0.335 e. The second-order valence-electron chi connectivity index (χ2n) is 6.70. The first-order valence-corrected chi connectivity index (χ1v) is 10.6. The number of carboxylic acid groups (broad SMARTS) is 2. The molecule has 8 heteroatoms. The van der Waals surface area contributed by atoms with E-state index in [1.807, 2.05) is 0 Å². The molecule has 3 rings (SSSR count). The maximum atomic E-state index is 12.7. The fourth-order valence-electron chi connectivity index (χ4n) is 3.14. The molecule has 0 atom stereocenters. The molecule has 0 unspecified atom stereocenters. The third-order valence-electron chi connectivity index (χ3n) is 4.57. The number of hydrogen-bond acceptors (Lipinski definition) is 4. The van der Waals surface area contributed by atoms with E-state index in [1.54, 1.807) is 54.6 Å². The Morgan fingerprint density at radius 3 is 1.97 bits per heavy atom. The first kappa shape index (κ1) is 21.1. The van der Waals surface area contributed by atoms with Crippen LogP contribution in [-0.2, 0) is 15.8 Å². The zero-order chi connectivity index (χ0) is 21.9.